The molecule has 1 aromatic rings. The quantitative estimate of drug-likeness (QED) is 0.805. The van der Waals surface area contributed by atoms with Gasteiger partial charge in [0, 0.05) is 24.1 Å². The van der Waals surface area contributed by atoms with Crippen molar-refractivity contribution in [3.63, 3.8) is 0 Å². The summed E-state index contributed by atoms with van der Waals surface area (Å²) in [7, 11) is 1.78. The van der Waals surface area contributed by atoms with Gasteiger partial charge in [0.2, 0.25) is 0 Å². The minimum absolute atomic E-state index is 0.0466. The highest BCUT2D eigenvalue weighted by atomic mass is 32.1. The molecule has 0 saturated heterocycles. The lowest BCUT2D eigenvalue weighted by atomic mass is 9.99. The highest BCUT2D eigenvalue weighted by Crippen LogP contribution is 2.16. The molecule has 0 aromatic carbocycles. The zero-order chi connectivity index (χ0) is 12.9. The van der Waals surface area contributed by atoms with Crippen LogP contribution in [0.3, 0.4) is 0 Å². The van der Waals surface area contributed by atoms with Crippen molar-refractivity contribution in [2.75, 3.05) is 7.11 Å². The van der Waals surface area contributed by atoms with Gasteiger partial charge < -0.3 is 10.1 Å². The van der Waals surface area contributed by atoms with E-state index in [1.807, 2.05) is 11.3 Å². The van der Waals surface area contributed by atoms with Gasteiger partial charge in [-0.3, -0.25) is 0 Å². The molecule has 0 aliphatic carbocycles. The van der Waals surface area contributed by atoms with E-state index >= 15 is 0 Å². The summed E-state index contributed by atoms with van der Waals surface area (Å²) in [5.74, 6) is 0. The predicted molar refractivity (Wildman–Crippen MR) is 75.8 cm³/mol. The van der Waals surface area contributed by atoms with Gasteiger partial charge in [0.25, 0.3) is 0 Å². The van der Waals surface area contributed by atoms with Crippen LogP contribution in [0, 0.1) is 0 Å². The van der Waals surface area contributed by atoms with E-state index in [-0.39, 0.29) is 5.60 Å². The lowest BCUT2D eigenvalue weighted by Crippen LogP contribution is -2.40. The number of nitrogens with one attached hydrogen (secondary N) is 1. The average Bonchev–Trinajstić information content (AvgIpc) is 2.69. The molecule has 17 heavy (non-hydrogen) atoms. The fourth-order valence-corrected chi connectivity index (χ4v) is 2.99. The molecule has 0 radical (unpaired) electrons. The van der Waals surface area contributed by atoms with Crippen LogP contribution in [-0.4, -0.2) is 24.8 Å². The first-order chi connectivity index (χ1) is 7.93. The minimum atomic E-state index is -0.0466. The molecule has 0 aliphatic rings. The lowest BCUT2D eigenvalue weighted by Gasteiger charge is -2.29. The van der Waals surface area contributed by atoms with Crippen molar-refractivity contribution in [3.8, 4) is 0 Å². The van der Waals surface area contributed by atoms with Crippen LogP contribution >= 0.6 is 11.3 Å². The summed E-state index contributed by atoms with van der Waals surface area (Å²) < 4.78 is 5.46. The Bertz CT molecular complexity index is 308. The first-order valence-corrected chi connectivity index (χ1v) is 7.14. The predicted octanol–water partition coefficient (Wildman–Crippen LogP) is 3.47. The van der Waals surface area contributed by atoms with E-state index in [0.29, 0.717) is 12.1 Å². The number of methoxy groups -OCH3 is 1. The summed E-state index contributed by atoms with van der Waals surface area (Å²) >= 11 is 1.83. The maximum atomic E-state index is 5.46. The zero-order valence-electron chi connectivity index (χ0n) is 11.6. The summed E-state index contributed by atoms with van der Waals surface area (Å²) in [6.07, 6.45) is 2.13. The molecular formula is C14H25NOS. The van der Waals surface area contributed by atoms with Crippen molar-refractivity contribution in [2.24, 2.45) is 0 Å². The lowest BCUT2D eigenvalue weighted by molar-refractivity contribution is 0.00787. The normalized spacial score (nSPS) is 15.8. The van der Waals surface area contributed by atoms with E-state index in [1.54, 1.807) is 7.11 Å². The highest BCUT2D eigenvalue weighted by Gasteiger charge is 2.20. The number of ether oxygens (including phenoxy) is 1. The van der Waals surface area contributed by atoms with Gasteiger partial charge in [0.1, 0.15) is 0 Å². The summed E-state index contributed by atoms with van der Waals surface area (Å²) in [5, 5.41) is 5.77. The van der Waals surface area contributed by atoms with Gasteiger partial charge in [-0.1, -0.05) is 6.07 Å². The molecular weight excluding hydrogens is 230 g/mol. The molecule has 0 saturated carbocycles. The number of thiophene rings is 1. The van der Waals surface area contributed by atoms with E-state index in [9.17, 15) is 0 Å². The number of rotatable bonds is 7. The Morgan fingerprint density at radius 3 is 2.59 bits per heavy atom. The second-order valence-corrected chi connectivity index (χ2v) is 6.45. The van der Waals surface area contributed by atoms with Crippen LogP contribution in [0.25, 0.3) is 0 Å². The summed E-state index contributed by atoms with van der Waals surface area (Å²) in [6.45, 7) is 8.74. The fraction of sp³-hybridized carbons (Fsp3) is 0.714. The van der Waals surface area contributed by atoms with E-state index in [1.165, 1.54) is 4.88 Å². The molecule has 0 bridgehead atoms. The Kier molecular flexibility index (Phi) is 5.63. The van der Waals surface area contributed by atoms with E-state index in [2.05, 4.69) is 50.5 Å². The first kappa shape index (κ1) is 14.7. The van der Waals surface area contributed by atoms with Gasteiger partial charge in [-0.25, -0.2) is 0 Å². The van der Waals surface area contributed by atoms with Crippen molar-refractivity contribution < 1.29 is 4.74 Å². The van der Waals surface area contributed by atoms with Gasteiger partial charge in [-0.2, -0.15) is 0 Å². The van der Waals surface area contributed by atoms with Crippen molar-refractivity contribution in [3.05, 3.63) is 22.4 Å². The number of hydrogen-bond acceptors (Lipinski definition) is 3. The third-order valence-corrected chi connectivity index (χ3v) is 3.91. The molecule has 0 aliphatic heterocycles. The molecule has 1 rings (SSSR count). The van der Waals surface area contributed by atoms with Crippen LogP contribution in [0.2, 0.25) is 0 Å². The van der Waals surface area contributed by atoms with Crippen molar-refractivity contribution >= 4 is 11.3 Å². The smallest absolute Gasteiger partial charge is 0.0637 e. The largest absolute Gasteiger partial charge is 0.379 e. The molecule has 1 N–H and O–H groups in total. The van der Waals surface area contributed by atoms with Gasteiger partial charge in [0.05, 0.1) is 5.60 Å². The standard InChI is InChI=1S/C14H25NOS/c1-11(9-13-7-6-8-17-13)15-12(2)10-14(3,4)16-5/h6-8,11-12,15H,9-10H2,1-5H3. The van der Waals surface area contributed by atoms with Crippen LogP contribution < -0.4 is 5.32 Å². The Hall–Kier alpha value is -0.380. The topological polar surface area (TPSA) is 21.3 Å². The Morgan fingerprint density at radius 2 is 2.06 bits per heavy atom. The summed E-state index contributed by atoms with van der Waals surface area (Å²) in [5.41, 5.74) is -0.0466. The van der Waals surface area contributed by atoms with Gasteiger partial charge >= 0.3 is 0 Å². The van der Waals surface area contributed by atoms with Crippen LogP contribution in [-0.2, 0) is 11.2 Å². The maximum absolute atomic E-state index is 5.46. The Balaban J connectivity index is 2.33. The zero-order valence-corrected chi connectivity index (χ0v) is 12.4. The van der Waals surface area contributed by atoms with Crippen LogP contribution in [0.4, 0.5) is 0 Å². The fourth-order valence-electron chi connectivity index (χ4n) is 2.15. The van der Waals surface area contributed by atoms with Crippen molar-refractivity contribution in [2.45, 2.75) is 58.2 Å². The molecule has 98 valence electrons. The van der Waals surface area contributed by atoms with E-state index < -0.39 is 0 Å². The highest BCUT2D eigenvalue weighted by molar-refractivity contribution is 7.09. The van der Waals surface area contributed by atoms with Crippen molar-refractivity contribution in [1.82, 2.24) is 5.32 Å². The molecule has 1 heterocycles. The summed E-state index contributed by atoms with van der Waals surface area (Å²) in [6, 6.07) is 5.30. The molecule has 3 heteroatoms. The average molecular weight is 255 g/mol. The molecule has 0 amide bonds. The third-order valence-electron chi connectivity index (χ3n) is 3.01. The van der Waals surface area contributed by atoms with Crippen molar-refractivity contribution in [1.29, 1.82) is 0 Å². The van der Waals surface area contributed by atoms with Crippen LogP contribution in [0.1, 0.15) is 39.0 Å². The molecule has 2 atom stereocenters. The van der Waals surface area contributed by atoms with Gasteiger partial charge in [-0.15, -0.1) is 11.3 Å². The molecule has 2 nitrogen and oxygen atoms in total. The molecule has 2 unspecified atom stereocenters. The number of hydrogen-bond donors (Lipinski definition) is 1. The SMILES string of the molecule is COC(C)(C)CC(C)NC(C)Cc1cccs1. The van der Waals surface area contributed by atoms with Crippen LogP contribution in [0.15, 0.2) is 17.5 Å². The second-order valence-electron chi connectivity index (χ2n) is 5.42. The monoisotopic (exact) mass is 255 g/mol. The molecule has 0 fully saturated rings. The maximum Gasteiger partial charge on any atom is 0.0637 e. The second kappa shape index (κ2) is 6.53. The Morgan fingerprint density at radius 1 is 1.35 bits per heavy atom. The first-order valence-electron chi connectivity index (χ1n) is 6.26. The minimum Gasteiger partial charge on any atom is -0.379 e. The molecule has 1 aromatic heterocycles. The van der Waals surface area contributed by atoms with E-state index in [4.69, 9.17) is 4.74 Å². The summed E-state index contributed by atoms with van der Waals surface area (Å²) in [4.78, 5) is 1.45. The molecule has 0 spiro atoms. The Labute approximate surface area is 109 Å². The van der Waals surface area contributed by atoms with E-state index in [0.717, 1.165) is 12.8 Å². The van der Waals surface area contributed by atoms with Crippen LogP contribution in [0.5, 0.6) is 0 Å². The van der Waals surface area contributed by atoms with Gasteiger partial charge in [-0.05, 0) is 52.0 Å². The third kappa shape index (κ3) is 5.66. The van der Waals surface area contributed by atoms with Gasteiger partial charge in [0.15, 0.2) is 0 Å².